The van der Waals surface area contributed by atoms with Gasteiger partial charge in [-0.25, -0.2) is 4.68 Å². The van der Waals surface area contributed by atoms with E-state index in [2.05, 4.69) is 102 Å². The summed E-state index contributed by atoms with van der Waals surface area (Å²) < 4.78 is 15.4. The van der Waals surface area contributed by atoms with Crippen LogP contribution in [-0.4, -0.2) is 76.6 Å². The standard InChI is InChI=1S/C48H64N6O5Si/c1-47(2,3)60(4,5)59-42(37-16-19-41(55)45-38(37)17-20-44(56)50-45)31-49-30-34-15-18-40-39(29-34)51-52-54(40)25-10-7-12-33-13-11-14-36(28-33)48(23-8-6-9-24-48)46(57)58-43-32-53-26-21-35(43)22-27-53/h11,13-20,28-29,35,42-43,49,55H,6-10,12,21-27,30-32H2,1-5H3,(H,50,56)/t42-,43-/m0/s1. The first-order valence-corrected chi connectivity index (χ1v) is 25.3. The van der Waals surface area contributed by atoms with Gasteiger partial charge in [-0.2, -0.15) is 0 Å². The molecule has 3 N–H and O–H groups in total. The van der Waals surface area contributed by atoms with Crippen LogP contribution in [0.2, 0.25) is 18.1 Å². The van der Waals surface area contributed by atoms with Gasteiger partial charge in [-0.15, -0.1) is 5.10 Å². The molecule has 5 heterocycles. The number of pyridine rings is 1. The number of hydrogen-bond acceptors (Lipinski definition) is 9. The molecule has 0 spiro atoms. The van der Waals surface area contributed by atoms with Gasteiger partial charge in [0, 0.05) is 37.6 Å². The Morgan fingerprint density at radius 1 is 1.00 bits per heavy atom. The molecule has 11 nitrogen and oxygen atoms in total. The van der Waals surface area contributed by atoms with E-state index in [1.54, 1.807) is 12.1 Å². The second-order valence-electron chi connectivity index (χ2n) is 19.3. The first-order chi connectivity index (χ1) is 28.8. The number of piperidine rings is 3. The van der Waals surface area contributed by atoms with Gasteiger partial charge in [0.2, 0.25) is 5.56 Å². The summed E-state index contributed by atoms with van der Waals surface area (Å²) in [6.07, 6.45) is 10.0. The van der Waals surface area contributed by atoms with Crippen LogP contribution >= 0.6 is 0 Å². The maximum atomic E-state index is 14.1. The van der Waals surface area contributed by atoms with Crippen LogP contribution in [0, 0.1) is 5.92 Å². The van der Waals surface area contributed by atoms with Crippen molar-refractivity contribution in [2.75, 3.05) is 26.2 Å². The average Bonchev–Trinajstić information content (AvgIpc) is 3.64. The molecular formula is C48H64N6O5Si. The van der Waals surface area contributed by atoms with Crippen LogP contribution in [0.15, 0.2) is 71.5 Å². The summed E-state index contributed by atoms with van der Waals surface area (Å²) in [7, 11) is -2.20. The minimum Gasteiger partial charge on any atom is -0.506 e. The van der Waals surface area contributed by atoms with Crippen LogP contribution < -0.4 is 10.9 Å². The van der Waals surface area contributed by atoms with Gasteiger partial charge in [-0.1, -0.05) is 81.6 Å². The number of phenolic OH excluding ortho intramolecular Hbond substituents is 1. The van der Waals surface area contributed by atoms with Crippen LogP contribution in [0.5, 0.6) is 5.75 Å². The fraction of sp³-hybridized carbons (Fsp3) is 0.542. The molecule has 60 heavy (non-hydrogen) atoms. The Balaban J connectivity index is 0.880. The lowest BCUT2D eigenvalue weighted by atomic mass is 9.69. The maximum Gasteiger partial charge on any atom is 0.316 e. The number of unbranched alkanes of at least 4 members (excludes halogenated alkanes) is 1. The summed E-state index contributed by atoms with van der Waals surface area (Å²) in [4.78, 5) is 31.5. The Bertz CT molecular complexity index is 2350. The van der Waals surface area contributed by atoms with E-state index >= 15 is 0 Å². The van der Waals surface area contributed by atoms with Crippen molar-refractivity contribution in [1.29, 1.82) is 0 Å². The van der Waals surface area contributed by atoms with E-state index in [1.165, 1.54) is 18.1 Å². The van der Waals surface area contributed by atoms with E-state index in [-0.39, 0.29) is 34.5 Å². The largest absolute Gasteiger partial charge is 0.506 e. The number of carbonyl (C=O) groups is 1. The highest BCUT2D eigenvalue weighted by Crippen LogP contribution is 2.43. The van der Waals surface area contributed by atoms with Gasteiger partial charge in [0.05, 0.1) is 22.6 Å². The van der Waals surface area contributed by atoms with E-state index in [0.717, 1.165) is 117 Å². The average molecular weight is 833 g/mol. The minimum atomic E-state index is -2.20. The molecule has 5 aromatic rings. The molecule has 0 unspecified atom stereocenters. The quantitative estimate of drug-likeness (QED) is 0.0538. The number of aromatic hydroxyl groups is 1. The van der Waals surface area contributed by atoms with E-state index in [0.29, 0.717) is 24.5 Å². The van der Waals surface area contributed by atoms with Crippen molar-refractivity contribution >= 4 is 36.2 Å². The van der Waals surface area contributed by atoms with Gasteiger partial charge in [0.15, 0.2) is 8.32 Å². The lowest BCUT2D eigenvalue weighted by Gasteiger charge is -2.45. The van der Waals surface area contributed by atoms with E-state index in [4.69, 9.17) is 9.16 Å². The second kappa shape index (κ2) is 17.6. The smallest absolute Gasteiger partial charge is 0.316 e. The van der Waals surface area contributed by atoms with Crippen LogP contribution in [0.1, 0.15) is 107 Å². The Labute approximate surface area is 355 Å². The lowest BCUT2D eigenvalue weighted by molar-refractivity contribution is -0.167. The third-order valence-corrected chi connectivity index (χ3v) is 18.7. The van der Waals surface area contributed by atoms with Gasteiger partial charge >= 0.3 is 5.97 Å². The number of rotatable bonds is 15. The Morgan fingerprint density at radius 3 is 2.55 bits per heavy atom. The molecule has 1 saturated carbocycles. The van der Waals surface area contributed by atoms with Gasteiger partial charge in [-0.3, -0.25) is 14.5 Å². The summed E-state index contributed by atoms with van der Waals surface area (Å²) in [5.41, 5.74) is 5.97. The molecule has 1 aliphatic carbocycles. The topological polar surface area (TPSA) is 135 Å². The van der Waals surface area contributed by atoms with Crippen molar-refractivity contribution in [2.24, 2.45) is 5.92 Å². The molecule has 4 fully saturated rings. The molecule has 0 radical (unpaired) electrons. The van der Waals surface area contributed by atoms with Crippen molar-refractivity contribution in [3.63, 3.8) is 0 Å². The number of phenols is 1. The fourth-order valence-electron chi connectivity index (χ4n) is 9.60. The molecule has 4 aliphatic rings. The van der Waals surface area contributed by atoms with E-state index in [1.807, 2.05) is 10.7 Å². The predicted octanol–water partition coefficient (Wildman–Crippen LogP) is 8.69. The first kappa shape index (κ1) is 42.3. The molecular weight excluding hydrogens is 769 g/mol. The van der Waals surface area contributed by atoms with Gasteiger partial charge in [-0.05, 0) is 129 Å². The van der Waals surface area contributed by atoms with Gasteiger partial charge < -0.3 is 24.6 Å². The first-order valence-electron chi connectivity index (χ1n) is 22.4. The van der Waals surface area contributed by atoms with Crippen molar-refractivity contribution in [2.45, 2.75) is 134 Å². The second-order valence-corrected chi connectivity index (χ2v) is 24.1. The van der Waals surface area contributed by atoms with Crippen LogP contribution in [0.25, 0.3) is 21.9 Å². The van der Waals surface area contributed by atoms with E-state index < -0.39 is 13.7 Å². The van der Waals surface area contributed by atoms with Crippen molar-refractivity contribution in [1.82, 2.24) is 30.2 Å². The van der Waals surface area contributed by atoms with Crippen molar-refractivity contribution in [3.8, 4) is 5.75 Å². The molecule has 2 atom stereocenters. The number of carbonyl (C=O) groups excluding carboxylic acids is 1. The number of aryl methyl sites for hydroxylation is 2. The number of ether oxygens (including phenoxy) is 1. The van der Waals surface area contributed by atoms with Crippen molar-refractivity contribution in [3.05, 3.63) is 99.3 Å². The number of nitrogens with one attached hydrogen (secondary N) is 2. The number of aromatic amines is 1. The summed E-state index contributed by atoms with van der Waals surface area (Å²) >= 11 is 0. The summed E-state index contributed by atoms with van der Waals surface area (Å²) in [6, 6.07) is 22.0. The monoisotopic (exact) mass is 832 g/mol. The zero-order valence-electron chi connectivity index (χ0n) is 36.3. The molecule has 2 bridgehead atoms. The van der Waals surface area contributed by atoms with Crippen LogP contribution in [-0.2, 0) is 38.9 Å². The molecule has 3 saturated heterocycles. The molecule has 9 rings (SSSR count). The highest BCUT2D eigenvalue weighted by molar-refractivity contribution is 6.74. The molecule has 12 heteroatoms. The van der Waals surface area contributed by atoms with E-state index in [9.17, 15) is 14.7 Å². The lowest BCUT2D eigenvalue weighted by Crippen LogP contribution is -2.53. The Kier molecular flexibility index (Phi) is 12.4. The zero-order valence-corrected chi connectivity index (χ0v) is 37.3. The normalized spacial score (nSPS) is 21.1. The molecule has 0 amide bonds. The molecule has 3 aliphatic heterocycles. The third-order valence-electron chi connectivity index (χ3n) is 14.3. The van der Waals surface area contributed by atoms with Crippen LogP contribution in [0.4, 0.5) is 0 Å². The Hall–Kier alpha value is -4.36. The van der Waals surface area contributed by atoms with Gasteiger partial charge in [0.1, 0.15) is 17.4 Å². The number of benzene rings is 3. The predicted molar refractivity (Wildman–Crippen MR) is 240 cm³/mol. The third kappa shape index (κ3) is 8.98. The minimum absolute atomic E-state index is 0.00412. The number of esters is 1. The number of nitrogens with zero attached hydrogens (tertiary/aromatic N) is 4. The zero-order chi connectivity index (χ0) is 42.1. The van der Waals surface area contributed by atoms with Crippen LogP contribution in [0.3, 0.4) is 0 Å². The Morgan fingerprint density at radius 2 is 1.80 bits per heavy atom. The highest BCUT2D eigenvalue weighted by atomic mass is 28.4. The number of fused-ring (bicyclic) bond motifs is 5. The molecule has 3 aromatic carbocycles. The molecule has 320 valence electrons. The van der Waals surface area contributed by atoms with Gasteiger partial charge in [0.25, 0.3) is 0 Å². The highest BCUT2D eigenvalue weighted by Gasteiger charge is 2.46. The summed E-state index contributed by atoms with van der Waals surface area (Å²) in [5, 5.41) is 24.0. The molecule has 2 aromatic heterocycles. The number of aromatic nitrogens is 4. The SMILES string of the molecule is CC(C)(C)[Si](C)(C)O[C@@H](CNCc1ccc2c(c1)nnn2CCCCc1cccc(C2(C(=O)O[C@H]3CN4CCC3CC4)CCCCC2)c1)c1ccc(O)c2[nH]c(=O)ccc12. The fourth-order valence-corrected chi connectivity index (χ4v) is 10.9. The number of hydrogen-bond donors (Lipinski definition) is 3. The summed E-state index contributed by atoms with van der Waals surface area (Å²) in [6.45, 7) is 16.3. The van der Waals surface area contributed by atoms with Crippen molar-refractivity contribution < 1.29 is 19.1 Å². The number of H-pyrrole nitrogens is 1. The maximum absolute atomic E-state index is 14.1. The summed E-state index contributed by atoms with van der Waals surface area (Å²) in [5.74, 6) is 0.566.